The number of piperidine rings is 1. The van der Waals surface area contributed by atoms with Gasteiger partial charge in [-0.15, -0.1) is 0 Å². The van der Waals surface area contributed by atoms with Crippen molar-refractivity contribution in [2.75, 3.05) is 20.1 Å². The van der Waals surface area contributed by atoms with E-state index in [1.165, 1.54) is 12.8 Å². The lowest BCUT2D eigenvalue weighted by molar-refractivity contribution is -0.177. The predicted octanol–water partition coefficient (Wildman–Crippen LogP) is 1.18. The summed E-state index contributed by atoms with van der Waals surface area (Å²) in [7, 11) is 1.92. The molecule has 3 aliphatic carbocycles. The molecular weight excluding hydrogens is 344 g/mol. The molecule has 0 amide bonds. The van der Waals surface area contributed by atoms with Gasteiger partial charge in [-0.2, -0.15) is 0 Å². The van der Waals surface area contributed by atoms with E-state index in [1.54, 1.807) is 12.1 Å². The maximum absolute atomic E-state index is 13.6. The molecule has 144 valence electrons. The first-order chi connectivity index (χ1) is 13.0. The number of carbonyl (C=O) groups excluding carboxylic acids is 1. The zero-order valence-corrected chi connectivity index (χ0v) is 15.6. The van der Waals surface area contributed by atoms with Gasteiger partial charge in [0, 0.05) is 30.3 Å². The van der Waals surface area contributed by atoms with Crippen molar-refractivity contribution in [1.82, 2.24) is 10.2 Å². The van der Waals surface area contributed by atoms with Gasteiger partial charge < -0.3 is 20.3 Å². The van der Waals surface area contributed by atoms with E-state index in [0.29, 0.717) is 23.7 Å². The van der Waals surface area contributed by atoms with E-state index in [-0.39, 0.29) is 23.7 Å². The van der Waals surface area contributed by atoms with Crippen molar-refractivity contribution in [3.05, 3.63) is 23.3 Å². The minimum atomic E-state index is -1.14. The Labute approximate surface area is 158 Å². The average molecular weight is 370 g/mol. The Morgan fingerprint density at radius 1 is 1.30 bits per heavy atom. The Balaban J connectivity index is 1.60. The standard InChI is InChI=1S/C21H26N2O4/c1-22-13-6-7-21(26)18-16(25)12-4-5-14(24)17-15(12)20(21,19(13)27-17)8-9-23(18)10-11-2-3-11/h4-5,11,13,18-19,22,24,26H,2-3,6-10H2,1H3/t13-,18?,19+,20?,21-/m1/s1. The number of phenolic OH excluding ortho intramolecular Hbond substituents is 1. The van der Waals surface area contributed by atoms with Crippen LogP contribution in [-0.4, -0.2) is 64.8 Å². The molecule has 3 N–H and O–H groups in total. The molecule has 2 heterocycles. The summed E-state index contributed by atoms with van der Waals surface area (Å²) in [4.78, 5) is 15.8. The number of ketones is 1. The smallest absolute Gasteiger partial charge is 0.183 e. The molecule has 2 saturated carbocycles. The summed E-state index contributed by atoms with van der Waals surface area (Å²) in [5.41, 5.74) is -0.359. The fourth-order valence-electron chi connectivity index (χ4n) is 6.62. The van der Waals surface area contributed by atoms with Crippen molar-refractivity contribution >= 4 is 5.78 Å². The number of likely N-dealkylation sites (N-methyl/N-ethyl adjacent to an activating group) is 1. The number of hydrogen-bond acceptors (Lipinski definition) is 6. The Hall–Kier alpha value is -1.63. The maximum atomic E-state index is 13.6. The zero-order valence-electron chi connectivity index (χ0n) is 15.6. The molecule has 2 bridgehead atoms. The number of Topliss-reactive ketones (excluding diaryl/α,β-unsaturated/α-hetero) is 1. The number of aliphatic hydroxyl groups is 1. The summed E-state index contributed by atoms with van der Waals surface area (Å²) in [6.45, 7) is 1.69. The van der Waals surface area contributed by atoms with Crippen molar-refractivity contribution < 1.29 is 19.7 Å². The van der Waals surface area contributed by atoms with Gasteiger partial charge in [0.25, 0.3) is 0 Å². The molecule has 2 aliphatic heterocycles. The van der Waals surface area contributed by atoms with Crippen LogP contribution in [-0.2, 0) is 5.41 Å². The van der Waals surface area contributed by atoms with Crippen LogP contribution in [0.1, 0.15) is 48.0 Å². The zero-order chi connectivity index (χ0) is 18.6. The summed E-state index contributed by atoms with van der Waals surface area (Å²) in [6.07, 6.45) is 4.27. The van der Waals surface area contributed by atoms with E-state index in [2.05, 4.69) is 10.2 Å². The molecule has 1 aromatic rings. The number of hydrogen-bond donors (Lipinski definition) is 3. The Morgan fingerprint density at radius 2 is 2.11 bits per heavy atom. The second-order valence-electron chi connectivity index (χ2n) is 9.16. The third kappa shape index (κ3) is 1.75. The number of aromatic hydroxyl groups is 1. The van der Waals surface area contributed by atoms with Gasteiger partial charge in [0.05, 0.1) is 5.41 Å². The fourth-order valence-corrected chi connectivity index (χ4v) is 6.62. The van der Waals surface area contributed by atoms with E-state index in [0.717, 1.165) is 31.5 Å². The first-order valence-corrected chi connectivity index (χ1v) is 10.2. The highest BCUT2D eigenvalue weighted by atomic mass is 16.5. The SMILES string of the molecule is CN[C@@H]1CC[C@@]2(O)C3C(=O)c4ccc(O)c5c4C2(CCN3CC2CC2)[C@H]1O5. The van der Waals surface area contributed by atoms with Crippen LogP contribution in [0.2, 0.25) is 0 Å². The topological polar surface area (TPSA) is 82.0 Å². The van der Waals surface area contributed by atoms with Gasteiger partial charge in [0.15, 0.2) is 17.3 Å². The molecule has 5 atom stereocenters. The van der Waals surface area contributed by atoms with Crippen LogP contribution in [0.3, 0.4) is 0 Å². The number of likely N-dealkylation sites (tertiary alicyclic amines) is 1. The highest BCUT2D eigenvalue weighted by Crippen LogP contribution is 2.65. The van der Waals surface area contributed by atoms with E-state index in [9.17, 15) is 15.0 Å². The van der Waals surface area contributed by atoms with Crippen molar-refractivity contribution in [2.45, 2.75) is 61.3 Å². The average Bonchev–Trinajstić information content (AvgIpc) is 3.39. The normalized spacial score (nSPS) is 42.0. The lowest BCUT2D eigenvalue weighted by atomic mass is 9.48. The summed E-state index contributed by atoms with van der Waals surface area (Å²) in [5.74, 6) is 1.15. The molecule has 6 nitrogen and oxygen atoms in total. The molecule has 3 fully saturated rings. The predicted molar refractivity (Wildman–Crippen MR) is 98.3 cm³/mol. The third-order valence-corrected chi connectivity index (χ3v) is 7.97. The molecule has 6 heteroatoms. The van der Waals surface area contributed by atoms with Crippen LogP contribution in [0.5, 0.6) is 11.5 Å². The summed E-state index contributed by atoms with van der Waals surface area (Å²) in [5, 5.41) is 26.0. The first kappa shape index (κ1) is 16.3. The van der Waals surface area contributed by atoms with Gasteiger partial charge in [-0.1, -0.05) is 0 Å². The van der Waals surface area contributed by atoms with E-state index in [1.807, 2.05) is 7.05 Å². The number of carbonyl (C=O) groups is 1. The van der Waals surface area contributed by atoms with Gasteiger partial charge in [0.1, 0.15) is 17.7 Å². The largest absolute Gasteiger partial charge is 0.504 e. The number of rotatable bonds is 3. The van der Waals surface area contributed by atoms with Gasteiger partial charge in [0.2, 0.25) is 0 Å². The summed E-state index contributed by atoms with van der Waals surface area (Å²) >= 11 is 0. The maximum Gasteiger partial charge on any atom is 0.183 e. The van der Waals surface area contributed by atoms with Crippen LogP contribution >= 0.6 is 0 Å². The van der Waals surface area contributed by atoms with E-state index in [4.69, 9.17) is 4.74 Å². The molecular formula is C21H26N2O4. The van der Waals surface area contributed by atoms with Gasteiger partial charge in [-0.05, 0) is 57.2 Å². The van der Waals surface area contributed by atoms with Crippen LogP contribution < -0.4 is 10.1 Å². The molecule has 5 aliphatic rings. The van der Waals surface area contributed by atoms with Crippen molar-refractivity contribution in [1.29, 1.82) is 0 Å². The molecule has 0 radical (unpaired) electrons. The van der Waals surface area contributed by atoms with Gasteiger partial charge in [-0.3, -0.25) is 9.69 Å². The molecule has 1 aromatic carbocycles. The number of phenols is 1. The van der Waals surface area contributed by atoms with Crippen molar-refractivity contribution in [3.8, 4) is 11.5 Å². The van der Waals surface area contributed by atoms with Crippen LogP contribution in [0.25, 0.3) is 0 Å². The van der Waals surface area contributed by atoms with Crippen molar-refractivity contribution in [2.24, 2.45) is 5.92 Å². The lowest BCUT2D eigenvalue weighted by Gasteiger charge is -2.63. The Morgan fingerprint density at radius 3 is 2.85 bits per heavy atom. The molecule has 2 unspecified atom stereocenters. The second kappa shape index (κ2) is 5.04. The summed E-state index contributed by atoms with van der Waals surface area (Å²) in [6, 6.07) is 2.90. The number of ether oxygens (including phenoxy) is 1. The van der Waals surface area contributed by atoms with Crippen LogP contribution in [0.4, 0.5) is 0 Å². The first-order valence-electron chi connectivity index (χ1n) is 10.2. The number of nitrogens with zero attached hydrogens (tertiary/aromatic N) is 1. The highest BCUT2D eigenvalue weighted by Gasteiger charge is 2.74. The molecule has 1 saturated heterocycles. The highest BCUT2D eigenvalue weighted by molar-refractivity contribution is 6.06. The Kier molecular flexibility index (Phi) is 3.05. The minimum absolute atomic E-state index is 0.00289. The molecule has 0 aromatic heterocycles. The molecule has 1 spiro atoms. The van der Waals surface area contributed by atoms with E-state index < -0.39 is 17.1 Å². The quantitative estimate of drug-likeness (QED) is 0.741. The Bertz CT molecular complexity index is 853. The van der Waals surface area contributed by atoms with Crippen LogP contribution in [0.15, 0.2) is 12.1 Å². The van der Waals surface area contributed by atoms with Crippen molar-refractivity contribution in [3.63, 3.8) is 0 Å². The molecule has 6 rings (SSSR count). The number of benzene rings is 1. The molecule has 27 heavy (non-hydrogen) atoms. The van der Waals surface area contributed by atoms with Gasteiger partial charge >= 0.3 is 0 Å². The number of nitrogens with one attached hydrogen (secondary N) is 1. The monoisotopic (exact) mass is 370 g/mol. The van der Waals surface area contributed by atoms with Crippen LogP contribution in [0, 0.1) is 5.92 Å². The van der Waals surface area contributed by atoms with E-state index >= 15 is 0 Å². The minimum Gasteiger partial charge on any atom is -0.504 e. The second-order valence-corrected chi connectivity index (χ2v) is 9.16. The lowest BCUT2D eigenvalue weighted by Crippen LogP contribution is -2.79. The third-order valence-electron chi connectivity index (χ3n) is 7.97. The summed E-state index contributed by atoms with van der Waals surface area (Å²) < 4.78 is 6.31. The van der Waals surface area contributed by atoms with Gasteiger partial charge in [-0.25, -0.2) is 0 Å². The fraction of sp³-hybridized carbons (Fsp3) is 0.667.